The highest BCUT2D eigenvalue weighted by molar-refractivity contribution is 6.28. The van der Waals surface area contributed by atoms with Gasteiger partial charge in [-0.2, -0.15) is 0 Å². The van der Waals surface area contributed by atoms with E-state index in [1.807, 2.05) is 0 Å². The van der Waals surface area contributed by atoms with Gasteiger partial charge in [-0.25, -0.2) is 4.79 Å². The summed E-state index contributed by atoms with van der Waals surface area (Å²) in [5.41, 5.74) is -1.33. The van der Waals surface area contributed by atoms with Crippen molar-refractivity contribution in [2.45, 2.75) is 5.56 Å². The van der Waals surface area contributed by atoms with Crippen LogP contribution in [0.15, 0.2) is 30.3 Å². The van der Waals surface area contributed by atoms with Crippen LogP contribution < -0.4 is 4.74 Å². The smallest absolute Gasteiger partial charge is 0.360 e. The standard InChI is InChI=1S/C8H7ClO3.Mg.2H/c9-7(8(10)11)12-6-4-2-1-3-5-6;;;/h1-5,7H,(H,10,11);;;. The van der Waals surface area contributed by atoms with Gasteiger partial charge >= 0.3 is 29.0 Å². The Morgan fingerprint density at radius 1 is 1.38 bits per heavy atom. The molecule has 0 amide bonds. The van der Waals surface area contributed by atoms with Gasteiger partial charge in [0, 0.05) is 0 Å². The lowest BCUT2D eigenvalue weighted by Gasteiger charge is -2.06. The Labute approximate surface area is 96.8 Å². The zero-order valence-electron chi connectivity index (χ0n) is 6.11. The first-order valence-corrected chi connectivity index (χ1v) is 3.72. The van der Waals surface area contributed by atoms with Gasteiger partial charge in [-0.05, 0) is 12.1 Å². The molecule has 1 unspecified atom stereocenters. The molecule has 5 heteroatoms. The van der Waals surface area contributed by atoms with E-state index in [9.17, 15) is 4.79 Å². The molecule has 0 aliphatic rings. The van der Waals surface area contributed by atoms with Crippen molar-refractivity contribution >= 4 is 40.6 Å². The van der Waals surface area contributed by atoms with Gasteiger partial charge in [0.1, 0.15) is 5.75 Å². The maximum Gasteiger partial charge on any atom is 0.360 e. The summed E-state index contributed by atoms with van der Waals surface area (Å²) >= 11 is 5.33. The van der Waals surface area contributed by atoms with Crippen molar-refractivity contribution in [3.8, 4) is 5.75 Å². The highest BCUT2D eigenvalue weighted by Gasteiger charge is 2.14. The highest BCUT2D eigenvalue weighted by atomic mass is 35.5. The molecule has 1 N–H and O–H groups in total. The van der Waals surface area contributed by atoms with Gasteiger partial charge in [0.2, 0.25) is 0 Å². The van der Waals surface area contributed by atoms with Gasteiger partial charge in [-0.3, -0.25) is 0 Å². The van der Waals surface area contributed by atoms with E-state index in [-0.39, 0.29) is 23.1 Å². The number of halogens is 1. The number of hydrogen-bond acceptors (Lipinski definition) is 2. The Morgan fingerprint density at radius 2 is 1.92 bits per heavy atom. The second kappa shape index (κ2) is 6.07. The topological polar surface area (TPSA) is 46.5 Å². The molecule has 68 valence electrons. The lowest BCUT2D eigenvalue weighted by Crippen LogP contribution is -2.19. The number of carbonyl (C=O) groups is 1. The van der Waals surface area contributed by atoms with E-state index in [2.05, 4.69) is 0 Å². The summed E-state index contributed by atoms with van der Waals surface area (Å²) in [6.45, 7) is 0. The first kappa shape index (κ1) is 12.5. The molecule has 0 saturated carbocycles. The van der Waals surface area contributed by atoms with Gasteiger partial charge < -0.3 is 9.84 Å². The van der Waals surface area contributed by atoms with Crippen LogP contribution in [0.3, 0.4) is 0 Å². The molecule has 1 aromatic rings. The van der Waals surface area contributed by atoms with Crippen molar-refractivity contribution < 1.29 is 14.6 Å². The Kier molecular flexibility index (Phi) is 5.86. The fraction of sp³-hybridized carbons (Fsp3) is 0.125. The minimum atomic E-state index is -1.33. The zero-order chi connectivity index (χ0) is 8.97. The highest BCUT2D eigenvalue weighted by Crippen LogP contribution is 2.12. The molecule has 1 atom stereocenters. The largest absolute Gasteiger partial charge is 0.478 e. The molecule has 0 radical (unpaired) electrons. The lowest BCUT2D eigenvalue weighted by atomic mass is 10.3. The van der Waals surface area contributed by atoms with Crippen molar-refractivity contribution in [1.82, 2.24) is 0 Å². The summed E-state index contributed by atoms with van der Waals surface area (Å²) in [5, 5.41) is 8.39. The molecule has 0 fully saturated rings. The number of hydrogen-bond donors (Lipinski definition) is 1. The average Bonchev–Trinajstić information content (AvgIpc) is 2.06. The van der Waals surface area contributed by atoms with Crippen molar-refractivity contribution in [1.29, 1.82) is 0 Å². The monoisotopic (exact) mass is 212 g/mol. The third kappa shape index (κ3) is 4.35. The molecule has 0 aliphatic carbocycles. The molecule has 0 bridgehead atoms. The van der Waals surface area contributed by atoms with Crippen LogP contribution in [0, 0.1) is 0 Å². The summed E-state index contributed by atoms with van der Waals surface area (Å²) < 4.78 is 4.84. The van der Waals surface area contributed by atoms with E-state index in [0.29, 0.717) is 5.75 Å². The Bertz CT molecular complexity index is 265. The fourth-order valence-corrected chi connectivity index (χ4v) is 0.772. The first-order chi connectivity index (χ1) is 5.70. The summed E-state index contributed by atoms with van der Waals surface area (Å²) in [5.74, 6) is -0.750. The molecular weight excluding hydrogens is 204 g/mol. The van der Waals surface area contributed by atoms with E-state index in [1.165, 1.54) is 0 Å². The van der Waals surface area contributed by atoms with Crippen LogP contribution in [0.25, 0.3) is 0 Å². The predicted molar refractivity (Wildman–Crippen MR) is 52.9 cm³/mol. The predicted octanol–water partition coefficient (Wildman–Crippen LogP) is 0.799. The van der Waals surface area contributed by atoms with Gasteiger partial charge in [-0.1, -0.05) is 29.8 Å². The number of para-hydroxylation sites is 1. The molecule has 3 nitrogen and oxygen atoms in total. The molecule has 1 rings (SSSR count). The number of aliphatic carboxylic acids is 1. The average molecular weight is 213 g/mol. The minimum absolute atomic E-state index is 0. The maximum absolute atomic E-state index is 10.2. The molecule has 0 heterocycles. The second-order valence-corrected chi connectivity index (χ2v) is 2.48. The number of ether oxygens (including phenoxy) is 1. The van der Waals surface area contributed by atoms with E-state index >= 15 is 0 Å². The summed E-state index contributed by atoms with van der Waals surface area (Å²) in [7, 11) is 0. The van der Waals surface area contributed by atoms with Crippen LogP contribution in [-0.4, -0.2) is 39.7 Å². The zero-order valence-corrected chi connectivity index (χ0v) is 6.86. The number of carboxylic acids is 1. The molecule has 1 aromatic carbocycles. The molecule has 0 aromatic heterocycles. The summed E-state index contributed by atoms with van der Waals surface area (Å²) in [4.78, 5) is 10.2. The molecule has 0 aliphatic heterocycles. The second-order valence-electron chi connectivity index (χ2n) is 2.09. The van der Waals surface area contributed by atoms with Gasteiger partial charge in [0.15, 0.2) is 0 Å². The van der Waals surface area contributed by atoms with Gasteiger partial charge in [0.05, 0.1) is 0 Å². The van der Waals surface area contributed by atoms with Crippen LogP contribution >= 0.6 is 11.6 Å². The Hall–Kier alpha value is -0.454. The van der Waals surface area contributed by atoms with Gasteiger partial charge in [0.25, 0.3) is 5.56 Å². The first-order valence-electron chi connectivity index (χ1n) is 3.29. The van der Waals surface area contributed by atoms with E-state index in [0.717, 1.165) is 0 Å². The van der Waals surface area contributed by atoms with Crippen molar-refractivity contribution in [3.05, 3.63) is 30.3 Å². The van der Waals surface area contributed by atoms with E-state index in [1.54, 1.807) is 30.3 Å². The van der Waals surface area contributed by atoms with Crippen molar-refractivity contribution in [3.63, 3.8) is 0 Å². The van der Waals surface area contributed by atoms with Crippen LogP contribution in [0.4, 0.5) is 0 Å². The number of alkyl halides is 1. The quantitative estimate of drug-likeness (QED) is 0.596. The third-order valence-corrected chi connectivity index (χ3v) is 1.45. The molecule has 13 heavy (non-hydrogen) atoms. The third-order valence-electron chi connectivity index (χ3n) is 1.18. The minimum Gasteiger partial charge on any atom is -0.478 e. The summed E-state index contributed by atoms with van der Waals surface area (Å²) in [6.07, 6.45) is 0. The van der Waals surface area contributed by atoms with Crippen molar-refractivity contribution in [2.75, 3.05) is 0 Å². The Morgan fingerprint density at radius 3 is 2.38 bits per heavy atom. The normalized spacial score (nSPS) is 11.2. The maximum atomic E-state index is 10.2. The number of carboxylic acid groups (broad SMARTS) is 1. The molecule has 0 saturated heterocycles. The number of benzene rings is 1. The lowest BCUT2D eigenvalue weighted by molar-refractivity contribution is -0.141. The molecular formula is C8H9ClMgO3. The van der Waals surface area contributed by atoms with Crippen molar-refractivity contribution in [2.24, 2.45) is 0 Å². The van der Waals surface area contributed by atoms with E-state index < -0.39 is 11.5 Å². The van der Waals surface area contributed by atoms with E-state index in [4.69, 9.17) is 21.4 Å². The van der Waals surface area contributed by atoms with Crippen LogP contribution in [0.1, 0.15) is 0 Å². The fourth-order valence-electron chi connectivity index (χ4n) is 0.669. The van der Waals surface area contributed by atoms with Gasteiger partial charge in [-0.15, -0.1) is 0 Å². The Balaban J connectivity index is 0.00000144. The van der Waals surface area contributed by atoms with Crippen LogP contribution in [0.2, 0.25) is 0 Å². The summed E-state index contributed by atoms with van der Waals surface area (Å²) in [6, 6.07) is 8.55. The number of rotatable bonds is 3. The molecule has 0 spiro atoms. The van der Waals surface area contributed by atoms with Crippen LogP contribution in [0.5, 0.6) is 5.75 Å². The van der Waals surface area contributed by atoms with Crippen LogP contribution in [-0.2, 0) is 4.79 Å². The SMILES string of the molecule is O=C(O)C(Cl)Oc1ccccc1.[MgH2].